The number of nitrogens with one attached hydrogen (secondary N) is 1. The minimum absolute atomic E-state index is 0.0455. The molecular weight excluding hydrogens is 274 g/mol. The van der Waals surface area contributed by atoms with Gasteiger partial charge in [-0.1, -0.05) is 27.7 Å². The van der Waals surface area contributed by atoms with E-state index in [2.05, 4.69) is 5.32 Å². The largest absolute Gasteiger partial charge is 0.392 e. The lowest BCUT2D eigenvalue weighted by molar-refractivity contribution is 0.0138. The number of hydrogen-bond acceptors (Lipinski definition) is 4. The van der Waals surface area contributed by atoms with Crippen LogP contribution in [0.15, 0.2) is 11.4 Å². The summed E-state index contributed by atoms with van der Waals surface area (Å²) in [7, 11) is 0. The number of thiophene rings is 1. The first-order valence-electron chi connectivity index (χ1n) is 6.71. The second-order valence-electron chi connectivity index (χ2n) is 6.12. The Morgan fingerprint density at radius 3 is 2.45 bits per heavy atom. The average Bonchev–Trinajstić information content (AvgIpc) is 2.84. The van der Waals surface area contributed by atoms with E-state index in [1.165, 1.54) is 18.3 Å². The number of carbonyl (C=O) groups is 2. The van der Waals surface area contributed by atoms with Gasteiger partial charge in [-0.25, -0.2) is 0 Å². The van der Waals surface area contributed by atoms with E-state index in [1.807, 2.05) is 27.7 Å². The molecule has 1 aromatic heterocycles. The van der Waals surface area contributed by atoms with Crippen LogP contribution >= 0.6 is 11.3 Å². The van der Waals surface area contributed by atoms with Crippen LogP contribution in [0.3, 0.4) is 0 Å². The zero-order valence-electron chi connectivity index (χ0n) is 12.7. The zero-order chi connectivity index (χ0) is 15.5. The second-order valence-corrected chi connectivity index (χ2v) is 7.03. The smallest absolute Gasteiger partial charge is 0.261 e. The molecule has 1 heterocycles. The van der Waals surface area contributed by atoms with Crippen molar-refractivity contribution >= 4 is 23.0 Å². The highest BCUT2D eigenvalue weighted by Crippen LogP contribution is 2.25. The Hall–Kier alpha value is -1.20. The van der Waals surface area contributed by atoms with Crippen molar-refractivity contribution in [3.8, 4) is 0 Å². The van der Waals surface area contributed by atoms with Crippen LogP contribution in [0.4, 0.5) is 0 Å². The Balaban J connectivity index is 2.64. The van der Waals surface area contributed by atoms with Gasteiger partial charge in [-0.15, -0.1) is 11.3 Å². The predicted octanol–water partition coefficient (Wildman–Crippen LogP) is 2.72. The van der Waals surface area contributed by atoms with Crippen LogP contribution in [0.5, 0.6) is 0 Å². The molecule has 1 rings (SSSR count). The first-order valence-corrected chi connectivity index (χ1v) is 7.59. The maximum absolute atomic E-state index is 12.0. The fourth-order valence-corrected chi connectivity index (χ4v) is 2.90. The average molecular weight is 297 g/mol. The van der Waals surface area contributed by atoms with Crippen LogP contribution in [0, 0.1) is 11.3 Å². The van der Waals surface area contributed by atoms with Gasteiger partial charge >= 0.3 is 0 Å². The lowest BCUT2D eigenvalue weighted by atomic mass is 9.81. The molecule has 1 unspecified atom stereocenters. The summed E-state index contributed by atoms with van der Waals surface area (Å²) in [6.45, 7) is 9.62. The minimum atomic E-state index is -0.487. The SMILES string of the molecule is CC(=O)c1csc(C(=O)NCC(C)(C)C(O)C(C)C)c1. The number of amides is 1. The number of aliphatic hydroxyl groups excluding tert-OH is 1. The van der Waals surface area contributed by atoms with Gasteiger partial charge in [0.1, 0.15) is 0 Å². The van der Waals surface area contributed by atoms with E-state index in [-0.39, 0.29) is 17.6 Å². The van der Waals surface area contributed by atoms with Crippen LogP contribution in [-0.2, 0) is 0 Å². The molecule has 0 saturated heterocycles. The summed E-state index contributed by atoms with van der Waals surface area (Å²) in [6.07, 6.45) is -0.487. The monoisotopic (exact) mass is 297 g/mol. The van der Waals surface area contributed by atoms with Gasteiger partial charge in [-0.05, 0) is 18.9 Å². The minimum Gasteiger partial charge on any atom is -0.392 e. The maximum Gasteiger partial charge on any atom is 0.261 e. The fraction of sp³-hybridized carbons (Fsp3) is 0.600. The lowest BCUT2D eigenvalue weighted by Gasteiger charge is -2.33. The van der Waals surface area contributed by atoms with Gasteiger partial charge in [-0.2, -0.15) is 0 Å². The molecule has 0 aromatic carbocycles. The number of hydrogen-bond donors (Lipinski definition) is 2. The van der Waals surface area contributed by atoms with E-state index < -0.39 is 11.5 Å². The molecule has 0 saturated carbocycles. The van der Waals surface area contributed by atoms with Crippen LogP contribution < -0.4 is 5.32 Å². The van der Waals surface area contributed by atoms with Gasteiger partial charge in [0.25, 0.3) is 5.91 Å². The first kappa shape index (κ1) is 16.9. The van der Waals surface area contributed by atoms with Gasteiger partial charge < -0.3 is 10.4 Å². The fourth-order valence-electron chi connectivity index (χ4n) is 2.04. The van der Waals surface area contributed by atoms with Crippen molar-refractivity contribution in [1.82, 2.24) is 5.32 Å². The molecule has 1 atom stereocenters. The van der Waals surface area contributed by atoms with Crippen molar-refractivity contribution in [2.45, 2.75) is 40.7 Å². The second kappa shape index (κ2) is 6.50. The molecular formula is C15H23NO3S. The van der Waals surface area contributed by atoms with Gasteiger partial charge in [0, 0.05) is 22.9 Å². The molecule has 0 aliphatic heterocycles. The maximum atomic E-state index is 12.0. The highest BCUT2D eigenvalue weighted by Gasteiger charge is 2.30. The summed E-state index contributed by atoms with van der Waals surface area (Å²) in [5, 5.41) is 14.6. The molecule has 0 aliphatic carbocycles. The van der Waals surface area contributed by atoms with Crippen molar-refractivity contribution in [3.63, 3.8) is 0 Å². The van der Waals surface area contributed by atoms with E-state index >= 15 is 0 Å². The summed E-state index contributed by atoms with van der Waals surface area (Å²) < 4.78 is 0. The molecule has 20 heavy (non-hydrogen) atoms. The topological polar surface area (TPSA) is 66.4 Å². The van der Waals surface area contributed by atoms with Crippen LogP contribution in [0.25, 0.3) is 0 Å². The third kappa shape index (κ3) is 4.15. The Labute approximate surface area is 124 Å². The zero-order valence-corrected chi connectivity index (χ0v) is 13.5. The summed E-state index contributed by atoms with van der Waals surface area (Å²) in [5.74, 6) is -0.115. The normalized spacial score (nSPS) is 13.3. The Bertz CT molecular complexity index is 491. The van der Waals surface area contributed by atoms with Crippen LogP contribution in [0.2, 0.25) is 0 Å². The van der Waals surface area contributed by atoms with Gasteiger partial charge in [0.15, 0.2) is 5.78 Å². The summed E-state index contributed by atoms with van der Waals surface area (Å²) in [4.78, 5) is 23.7. The predicted molar refractivity (Wildman–Crippen MR) is 81.3 cm³/mol. The summed E-state index contributed by atoms with van der Waals surface area (Å²) >= 11 is 1.26. The molecule has 112 valence electrons. The lowest BCUT2D eigenvalue weighted by Crippen LogP contribution is -2.43. The van der Waals surface area contributed by atoms with E-state index in [0.717, 1.165) is 0 Å². The first-order chi connectivity index (χ1) is 9.15. The van der Waals surface area contributed by atoms with Gasteiger partial charge in [0.05, 0.1) is 11.0 Å². The van der Waals surface area contributed by atoms with Crippen molar-refractivity contribution in [3.05, 3.63) is 21.9 Å². The number of carbonyl (C=O) groups excluding carboxylic acids is 2. The molecule has 1 aromatic rings. The molecule has 0 bridgehead atoms. The molecule has 0 spiro atoms. The van der Waals surface area contributed by atoms with Gasteiger partial charge in [-0.3, -0.25) is 9.59 Å². The van der Waals surface area contributed by atoms with Crippen molar-refractivity contribution < 1.29 is 14.7 Å². The van der Waals surface area contributed by atoms with Crippen LogP contribution in [-0.4, -0.2) is 29.4 Å². The van der Waals surface area contributed by atoms with Crippen molar-refractivity contribution in [2.24, 2.45) is 11.3 Å². The van der Waals surface area contributed by atoms with E-state index in [1.54, 1.807) is 11.4 Å². The van der Waals surface area contributed by atoms with E-state index in [9.17, 15) is 14.7 Å². The molecule has 1 amide bonds. The number of aliphatic hydroxyl groups is 1. The Morgan fingerprint density at radius 1 is 1.40 bits per heavy atom. The third-order valence-corrected chi connectivity index (χ3v) is 4.30. The number of Topliss-reactive ketones (excluding diaryl/α,β-unsaturated/α-hetero) is 1. The Kier molecular flexibility index (Phi) is 5.48. The standard InChI is InChI=1S/C15H23NO3S/c1-9(2)13(18)15(4,5)8-16-14(19)12-6-11(7-20-12)10(3)17/h6-7,9,13,18H,8H2,1-5H3,(H,16,19). The number of ketones is 1. The van der Waals surface area contributed by atoms with Crippen LogP contribution in [0.1, 0.15) is 54.6 Å². The van der Waals surface area contributed by atoms with Crippen molar-refractivity contribution in [2.75, 3.05) is 6.54 Å². The molecule has 0 fully saturated rings. The van der Waals surface area contributed by atoms with E-state index in [4.69, 9.17) is 0 Å². The van der Waals surface area contributed by atoms with Gasteiger partial charge in [0.2, 0.25) is 0 Å². The van der Waals surface area contributed by atoms with Crippen molar-refractivity contribution in [1.29, 1.82) is 0 Å². The number of rotatable bonds is 6. The molecule has 5 heteroatoms. The summed E-state index contributed by atoms with van der Waals surface area (Å²) in [6, 6.07) is 1.61. The quantitative estimate of drug-likeness (QED) is 0.793. The molecule has 4 nitrogen and oxygen atoms in total. The molecule has 2 N–H and O–H groups in total. The Morgan fingerprint density at radius 2 is 2.00 bits per heavy atom. The molecule has 0 radical (unpaired) electrons. The highest BCUT2D eigenvalue weighted by molar-refractivity contribution is 7.12. The highest BCUT2D eigenvalue weighted by atomic mass is 32.1. The third-order valence-electron chi connectivity index (χ3n) is 3.37. The van der Waals surface area contributed by atoms with E-state index in [0.29, 0.717) is 17.0 Å². The summed E-state index contributed by atoms with van der Waals surface area (Å²) in [5.41, 5.74) is 0.159. The molecule has 0 aliphatic rings.